The first-order chi connectivity index (χ1) is 12.6. The average molecular weight is 352 g/mol. The maximum Gasteiger partial charge on any atom is 0.255 e. The standard InChI is InChI=1S/C21H24N2O3/c1-15-19(21(24)22-12-13-23(2)3)20-17(10-7-11-18(20)26-15)25-14-16-8-5-4-6-9-16/h4-11H,12-14H2,1-3H3,(H,22,24). The zero-order chi connectivity index (χ0) is 18.5. The molecule has 0 saturated heterocycles. The molecule has 0 fully saturated rings. The molecule has 5 heteroatoms. The zero-order valence-corrected chi connectivity index (χ0v) is 15.4. The molecule has 136 valence electrons. The normalized spacial score (nSPS) is 11.1. The van der Waals surface area contributed by atoms with Crippen molar-refractivity contribution in [1.82, 2.24) is 10.2 Å². The fraction of sp³-hybridized carbons (Fsp3) is 0.286. The summed E-state index contributed by atoms with van der Waals surface area (Å²) in [6.07, 6.45) is 0. The van der Waals surface area contributed by atoms with Crippen molar-refractivity contribution in [2.24, 2.45) is 0 Å². The number of rotatable bonds is 7. The monoisotopic (exact) mass is 352 g/mol. The van der Waals surface area contributed by atoms with Gasteiger partial charge in [0.2, 0.25) is 0 Å². The van der Waals surface area contributed by atoms with Crippen LogP contribution in [0.25, 0.3) is 11.0 Å². The molecular formula is C21H24N2O3. The van der Waals surface area contributed by atoms with E-state index in [9.17, 15) is 4.79 Å². The van der Waals surface area contributed by atoms with Crippen LogP contribution < -0.4 is 10.1 Å². The number of likely N-dealkylation sites (N-methyl/N-ethyl adjacent to an activating group) is 1. The lowest BCUT2D eigenvalue weighted by molar-refractivity contribution is 0.0950. The molecule has 0 radical (unpaired) electrons. The fourth-order valence-electron chi connectivity index (χ4n) is 2.84. The van der Waals surface area contributed by atoms with Crippen LogP contribution in [0.3, 0.4) is 0 Å². The van der Waals surface area contributed by atoms with Crippen molar-refractivity contribution in [3.05, 3.63) is 65.4 Å². The minimum absolute atomic E-state index is 0.140. The Kier molecular flexibility index (Phi) is 5.58. The summed E-state index contributed by atoms with van der Waals surface area (Å²) in [5, 5.41) is 3.68. The Morgan fingerprint density at radius 1 is 1.12 bits per heavy atom. The summed E-state index contributed by atoms with van der Waals surface area (Å²) < 4.78 is 11.8. The molecule has 0 unspecified atom stereocenters. The maximum atomic E-state index is 12.7. The number of carbonyl (C=O) groups excluding carboxylic acids is 1. The van der Waals surface area contributed by atoms with Gasteiger partial charge in [0.25, 0.3) is 5.91 Å². The Hall–Kier alpha value is -2.79. The summed E-state index contributed by atoms with van der Waals surface area (Å²) in [5.41, 5.74) is 2.27. The van der Waals surface area contributed by atoms with Crippen LogP contribution in [0, 0.1) is 6.92 Å². The molecule has 3 rings (SSSR count). The van der Waals surface area contributed by atoms with Crippen LogP contribution in [0.4, 0.5) is 0 Å². The second-order valence-electron chi connectivity index (χ2n) is 6.50. The van der Waals surface area contributed by atoms with Gasteiger partial charge in [-0.25, -0.2) is 0 Å². The van der Waals surface area contributed by atoms with Gasteiger partial charge in [-0.1, -0.05) is 36.4 Å². The molecule has 1 amide bonds. The predicted molar refractivity (Wildman–Crippen MR) is 103 cm³/mol. The van der Waals surface area contributed by atoms with E-state index in [1.54, 1.807) is 0 Å². The van der Waals surface area contributed by atoms with E-state index in [1.165, 1.54) is 0 Å². The number of aryl methyl sites for hydroxylation is 1. The molecule has 2 aromatic carbocycles. The Balaban J connectivity index is 1.86. The molecule has 26 heavy (non-hydrogen) atoms. The summed E-state index contributed by atoms with van der Waals surface area (Å²) in [4.78, 5) is 14.7. The highest BCUT2D eigenvalue weighted by atomic mass is 16.5. The summed E-state index contributed by atoms with van der Waals surface area (Å²) in [5.74, 6) is 1.11. The van der Waals surface area contributed by atoms with Crippen LogP contribution in [-0.4, -0.2) is 38.0 Å². The van der Waals surface area contributed by atoms with Crippen LogP contribution in [0.1, 0.15) is 21.7 Å². The second-order valence-corrected chi connectivity index (χ2v) is 6.50. The number of nitrogens with zero attached hydrogens (tertiary/aromatic N) is 1. The van der Waals surface area contributed by atoms with E-state index in [0.29, 0.717) is 35.8 Å². The minimum atomic E-state index is -0.140. The van der Waals surface area contributed by atoms with Crippen molar-refractivity contribution >= 4 is 16.9 Å². The topological polar surface area (TPSA) is 54.7 Å². The van der Waals surface area contributed by atoms with Gasteiger partial charge in [0.1, 0.15) is 23.7 Å². The highest BCUT2D eigenvalue weighted by Gasteiger charge is 2.21. The molecular weight excluding hydrogens is 328 g/mol. The summed E-state index contributed by atoms with van der Waals surface area (Å²) in [6, 6.07) is 15.5. The van der Waals surface area contributed by atoms with E-state index in [2.05, 4.69) is 5.32 Å². The Labute approximate surface area is 153 Å². The molecule has 5 nitrogen and oxygen atoms in total. The smallest absolute Gasteiger partial charge is 0.255 e. The molecule has 0 atom stereocenters. The molecule has 0 spiro atoms. The lowest BCUT2D eigenvalue weighted by Crippen LogP contribution is -2.31. The Bertz CT molecular complexity index is 885. The van der Waals surface area contributed by atoms with Gasteiger partial charge >= 0.3 is 0 Å². The SMILES string of the molecule is Cc1oc2cccc(OCc3ccccc3)c2c1C(=O)NCCN(C)C. The highest BCUT2D eigenvalue weighted by Crippen LogP contribution is 2.33. The number of fused-ring (bicyclic) bond motifs is 1. The summed E-state index contributed by atoms with van der Waals surface area (Å²) >= 11 is 0. The molecule has 0 aliphatic carbocycles. The third-order valence-electron chi connectivity index (χ3n) is 4.16. The van der Waals surface area contributed by atoms with Crippen LogP contribution in [0.2, 0.25) is 0 Å². The van der Waals surface area contributed by atoms with E-state index in [4.69, 9.17) is 9.15 Å². The molecule has 0 bridgehead atoms. The summed E-state index contributed by atoms with van der Waals surface area (Å²) in [7, 11) is 3.94. The predicted octanol–water partition coefficient (Wildman–Crippen LogP) is 3.61. The molecule has 1 heterocycles. The number of benzene rings is 2. The number of hydrogen-bond donors (Lipinski definition) is 1. The molecule has 0 aliphatic heterocycles. The van der Waals surface area contributed by atoms with Crippen molar-refractivity contribution < 1.29 is 13.9 Å². The molecule has 1 N–H and O–H groups in total. The lowest BCUT2D eigenvalue weighted by atomic mass is 10.1. The van der Waals surface area contributed by atoms with Gasteiger partial charge in [-0.3, -0.25) is 4.79 Å². The van der Waals surface area contributed by atoms with Crippen molar-refractivity contribution in [3.63, 3.8) is 0 Å². The van der Waals surface area contributed by atoms with Crippen LogP contribution >= 0.6 is 0 Å². The quantitative estimate of drug-likeness (QED) is 0.706. The fourth-order valence-corrected chi connectivity index (χ4v) is 2.84. The van der Waals surface area contributed by atoms with E-state index in [-0.39, 0.29) is 5.91 Å². The van der Waals surface area contributed by atoms with Crippen LogP contribution in [-0.2, 0) is 6.61 Å². The lowest BCUT2D eigenvalue weighted by Gasteiger charge is -2.11. The third kappa shape index (κ3) is 4.06. The first-order valence-corrected chi connectivity index (χ1v) is 8.68. The number of ether oxygens (including phenoxy) is 1. The van der Waals surface area contributed by atoms with Crippen molar-refractivity contribution in [2.45, 2.75) is 13.5 Å². The van der Waals surface area contributed by atoms with Crippen molar-refractivity contribution in [2.75, 3.05) is 27.2 Å². The molecule has 1 aromatic heterocycles. The highest BCUT2D eigenvalue weighted by molar-refractivity contribution is 6.09. The van der Waals surface area contributed by atoms with Gasteiger partial charge < -0.3 is 19.4 Å². The number of hydrogen-bond acceptors (Lipinski definition) is 4. The van der Waals surface area contributed by atoms with Gasteiger partial charge in [0.15, 0.2) is 0 Å². The molecule has 3 aromatic rings. The first-order valence-electron chi connectivity index (χ1n) is 8.68. The van der Waals surface area contributed by atoms with E-state index in [0.717, 1.165) is 17.5 Å². The second kappa shape index (κ2) is 8.06. The van der Waals surface area contributed by atoms with Gasteiger partial charge in [-0.15, -0.1) is 0 Å². The number of carbonyl (C=O) groups is 1. The van der Waals surface area contributed by atoms with Crippen LogP contribution in [0.15, 0.2) is 52.9 Å². The van der Waals surface area contributed by atoms with Crippen LogP contribution in [0.5, 0.6) is 5.75 Å². The molecule has 0 saturated carbocycles. The van der Waals surface area contributed by atoms with Gasteiger partial charge in [0.05, 0.1) is 10.9 Å². The molecule has 0 aliphatic rings. The minimum Gasteiger partial charge on any atom is -0.488 e. The van der Waals surface area contributed by atoms with Crippen molar-refractivity contribution in [3.8, 4) is 5.75 Å². The van der Waals surface area contributed by atoms with Gasteiger partial charge in [0, 0.05) is 13.1 Å². The Morgan fingerprint density at radius 2 is 1.88 bits per heavy atom. The summed E-state index contributed by atoms with van der Waals surface area (Å²) in [6.45, 7) is 3.59. The average Bonchev–Trinajstić information content (AvgIpc) is 2.97. The van der Waals surface area contributed by atoms with Crippen molar-refractivity contribution in [1.29, 1.82) is 0 Å². The van der Waals surface area contributed by atoms with E-state index < -0.39 is 0 Å². The van der Waals surface area contributed by atoms with E-state index in [1.807, 2.05) is 74.4 Å². The van der Waals surface area contributed by atoms with E-state index >= 15 is 0 Å². The number of amides is 1. The maximum absolute atomic E-state index is 12.7. The number of furan rings is 1. The first kappa shape index (κ1) is 18.0. The number of nitrogens with one attached hydrogen (secondary N) is 1. The third-order valence-corrected chi connectivity index (χ3v) is 4.16. The zero-order valence-electron chi connectivity index (χ0n) is 15.4. The van der Waals surface area contributed by atoms with Gasteiger partial charge in [-0.05, 0) is 38.7 Å². The Morgan fingerprint density at radius 3 is 2.62 bits per heavy atom. The largest absolute Gasteiger partial charge is 0.488 e. The van der Waals surface area contributed by atoms with Gasteiger partial charge in [-0.2, -0.15) is 0 Å².